The molecule has 3 aromatic carbocycles. The van der Waals surface area contributed by atoms with E-state index in [1.807, 2.05) is 11.3 Å². The molecule has 1 atom stereocenters. The van der Waals surface area contributed by atoms with Crippen molar-refractivity contribution in [2.75, 3.05) is 5.32 Å². The van der Waals surface area contributed by atoms with Gasteiger partial charge in [0.05, 0.1) is 0 Å². The maximum Gasteiger partial charge on any atom is 0.0421 e. The molecule has 0 saturated carbocycles. The van der Waals surface area contributed by atoms with Gasteiger partial charge in [0, 0.05) is 42.9 Å². The van der Waals surface area contributed by atoms with E-state index in [2.05, 4.69) is 101 Å². The molecule has 1 aliphatic carbocycles. The molecule has 1 aromatic heterocycles. The Kier molecular flexibility index (Phi) is 4.11. The summed E-state index contributed by atoms with van der Waals surface area (Å²) < 4.78 is 2.76. The van der Waals surface area contributed by atoms with Crippen molar-refractivity contribution in [1.29, 1.82) is 0 Å². The van der Waals surface area contributed by atoms with Crippen LogP contribution in [-0.2, 0) is 0 Å². The number of rotatable bonds is 2. The van der Waals surface area contributed by atoms with Crippen molar-refractivity contribution in [3.05, 3.63) is 76.7 Å². The van der Waals surface area contributed by atoms with E-state index < -0.39 is 0 Å². The zero-order valence-corrected chi connectivity index (χ0v) is 18.6. The summed E-state index contributed by atoms with van der Waals surface area (Å²) >= 11 is 1.90. The van der Waals surface area contributed by atoms with Gasteiger partial charge in [-0.2, -0.15) is 0 Å². The molecule has 2 heteroatoms. The number of thiophene rings is 1. The number of anilines is 1. The van der Waals surface area contributed by atoms with E-state index >= 15 is 0 Å². The molecule has 4 aromatic rings. The van der Waals surface area contributed by atoms with Crippen LogP contribution in [0.15, 0.2) is 60.7 Å². The van der Waals surface area contributed by atoms with Crippen molar-refractivity contribution in [2.45, 2.75) is 40.2 Å². The molecule has 0 radical (unpaired) electrons. The van der Waals surface area contributed by atoms with Gasteiger partial charge in [-0.3, -0.25) is 0 Å². The van der Waals surface area contributed by atoms with Gasteiger partial charge in [0.25, 0.3) is 0 Å². The zero-order chi connectivity index (χ0) is 20.3. The van der Waals surface area contributed by atoms with Crippen LogP contribution in [0, 0.1) is 5.92 Å². The monoisotopic (exact) mass is 397 g/mol. The van der Waals surface area contributed by atoms with Crippen LogP contribution < -0.4 is 15.8 Å². The summed E-state index contributed by atoms with van der Waals surface area (Å²) in [5, 5.41) is 9.40. The summed E-state index contributed by atoms with van der Waals surface area (Å²) in [6, 6.07) is 22.3. The van der Waals surface area contributed by atoms with E-state index in [1.165, 1.54) is 53.0 Å². The number of nitrogens with one attached hydrogen (secondary N) is 1. The summed E-state index contributed by atoms with van der Waals surface area (Å²) in [6.07, 6.45) is 0. The molecule has 5 rings (SSSR count). The van der Waals surface area contributed by atoms with Crippen LogP contribution in [0.5, 0.6) is 0 Å². The maximum absolute atomic E-state index is 3.73. The second-order valence-electron chi connectivity index (χ2n) is 9.20. The van der Waals surface area contributed by atoms with E-state index in [4.69, 9.17) is 0 Å². The fourth-order valence-corrected chi connectivity index (χ4v) is 5.84. The third-order valence-corrected chi connectivity index (χ3v) is 7.17. The molecule has 0 saturated heterocycles. The lowest BCUT2D eigenvalue weighted by Gasteiger charge is -2.25. The Morgan fingerprint density at radius 2 is 1.59 bits per heavy atom. The molecular weight excluding hydrogens is 370 g/mol. The van der Waals surface area contributed by atoms with Gasteiger partial charge in [0.1, 0.15) is 0 Å². The van der Waals surface area contributed by atoms with E-state index in [-0.39, 0.29) is 5.54 Å². The summed E-state index contributed by atoms with van der Waals surface area (Å²) in [6.45, 7) is 11.3. The molecule has 0 bridgehead atoms. The first-order valence-electron chi connectivity index (χ1n) is 10.4. The predicted octanol–water partition coefficient (Wildman–Crippen LogP) is 6.28. The maximum atomic E-state index is 3.73. The van der Waals surface area contributed by atoms with Gasteiger partial charge in [-0.25, -0.2) is 0 Å². The SMILES string of the molecule is CC1=c2c(ccc3sc4ccccc4c23)=C(c2ccccc2NC(C)(C)C)C1C. The molecule has 0 amide bonds. The van der Waals surface area contributed by atoms with Gasteiger partial charge in [-0.15, -0.1) is 11.3 Å². The number of benzene rings is 3. The number of hydrogen-bond donors (Lipinski definition) is 1. The molecular formula is C27H27NS. The molecule has 0 spiro atoms. The second-order valence-corrected chi connectivity index (χ2v) is 10.3. The molecule has 146 valence electrons. The Balaban J connectivity index is 1.89. The molecule has 1 N–H and O–H groups in total. The van der Waals surface area contributed by atoms with Gasteiger partial charge in [0.15, 0.2) is 0 Å². The lowest BCUT2D eigenvalue weighted by Crippen LogP contribution is -2.28. The fraction of sp³-hybridized carbons (Fsp3) is 0.259. The van der Waals surface area contributed by atoms with Crippen molar-refractivity contribution in [2.24, 2.45) is 5.92 Å². The number of fused-ring (bicyclic) bond motifs is 5. The molecule has 0 fully saturated rings. The topological polar surface area (TPSA) is 12.0 Å². The smallest absolute Gasteiger partial charge is 0.0421 e. The van der Waals surface area contributed by atoms with E-state index in [9.17, 15) is 0 Å². The Hall–Kier alpha value is -2.58. The summed E-state index contributed by atoms with van der Waals surface area (Å²) in [7, 11) is 0. The minimum atomic E-state index is 0.0214. The van der Waals surface area contributed by atoms with Gasteiger partial charge in [-0.05, 0) is 61.9 Å². The Labute approximate surface area is 176 Å². The highest BCUT2D eigenvalue weighted by Gasteiger charge is 2.25. The van der Waals surface area contributed by atoms with E-state index in [1.54, 1.807) is 0 Å². The third kappa shape index (κ3) is 2.89. The van der Waals surface area contributed by atoms with Gasteiger partial charge in [0.2, 0.25) is 0 Å². The molecule has 0 aliphatic heterocycles. The zero-order valence-electron chi connectivity index (χ0n) is 17.8. The van der Waals surface area contributed by atoms with Crippen LogP contribution >= 0.6 is 11.3 Å². The fourth-order valence-electron chi connectivity index (χ4n) is 4.73. The molecule has 1 heterocycles. The Morgan fingerprint density at radius 1 is 0.862 bits per heavy atom. The summed E-state index contributed by atoms with van der Waals surface area (Å²) in [5.74, 6) is 0.400. The van der Waals surface area contributed by atoms with Crippen LogP contribution in [0.4, 0.5) is 5.69 Å². The lowest BCUT2D eigenvalue weighted by atomic mass is 9.90. The van der Waals surface area contributed by atoms with Crippen LogP contribution in [0.3, 0.4) is 0 Å². The van der Waals surface area contributed by atoms with Gasteiger partial charge < -0.3 is 5.32 Å². The number of hydrogen-bond acceptors (Lipinski definition) is 2. The largest absolute Gasteiger partial charge is 0.380 e. The Morgan fingerprint density at radius 3 is 2.38 bits per heavy atom. The van der Waals surface area contributed by atoms with Crippen molar-refractivity contribution in [3.8, 4) is 0 Å². The normalized spacial score (nSPS) is 16.7. The lowest BCUT2D eigenvalue weighted by molar-refractivity contribution is 0.633. The van der Waals surface area contributed by atoms with Crippen LogP contribution in [-0.4, -0.2) is 5.54 Å². The van der Waals surface area contributed by atoms with Crippen molar-refractivity contribution in [3.63, 3.8) is 0 Å². The highest BCUT2D eigenvalue weighted by molar-refractivity contribution is 7.25. The quantitative estimate of drug-likeness (QED) is 0.419. The minimum Gasteiger partial charge on any atom is -0.380 e. The van der Waals surface area contributed by atoms with Crippen LogP contribution in [0.1, 0.15) is 40.2 Å². The predicted molar refractivity (Wildman–Crippen MR) is 129 cm³/mol. The summed E-state index contributed by atoms with van der Waals surface area (Å²) in [5.41, 5.74) is 5.49. The molecule has 1 nitrogen and oxygen atoms in total. The third-order valence-electron chi connectivity index (χ3n) is 6.04. The molecule has 29 heavy (non-hydrogen) atoms. The van der Waals surface area contributed by atoms with Crippen molar-refractivity contribution < 1.29 is 0 Å². The Bertz CT molecular complexity index is 1380. The minimum absolute atomic E-state index is 0.0214. The highest BCUT2D eigenvalue weighted by atomic mass is 32.1. The van der Waals surface area contributed by atoms with Gasteiger partial charge >= 0.3 is 0 Å². The average Bonchev–Trinajstić information content (AvgIpc) is 3.17. The van der Waals surface area contributed by atoms with Crippen LogP contribution in [0.25, 0.3) is 31.3 Å². The average molecular weight is 398 g/mol. The van der Waals surface area contributed by atoms with Gasteiger partial charge in [-0.1, -0.05) is 55.0 Å². The standard InChI is InChI=1S/C27H27NS/c1-16-17(2)25-20(14-15-23-26(25)19-11-7-9-13-22(19)29-23)24(16)18-10-6-8-12-21(18)28-27(3,4)5/h6-16,28H,1-5H3. The van der Waals surface area contributed by atoms with Crippen LogP contribution in [0.2, 0.25) is 0 Å². The second kappa shape index (κ2) is 6.47. The van der Waals surface area contributed by atoms with Crippen molar-refractivity contribution >= 4 is 48.3 Å². The first-order chi connectivity index (χ1) is 13.8. The highest BCUT2D eigenvalue weighted by Crippen LogP contribution is 2.37. The molecule has 1 unspecified atom stereocenters. The van der Waals surface area contributed by atoms with E-state index in [0.29, 0.717) is 5.92 Å². The first-order valence-corrected chi connectivity index (χ1v) is 11.2. The molecule has 1 aliphatic rings. The summed E-state index contributed by atoms with van der Waals surface area (Å²) in [4.78, 5) is 0. The van der Waals surface area contributed by atoms with E-state index in [0.717, 1.165) is 0 Å². The number of para-hydroxylation sites is 1. The van der Waals surface area contributed by atoms with Crippen molar-refractivity contribution in [1.82, 2.24) is 0 Å². The first kappa shape index (κ1) is 18.4.